The predicted molar refractivity (Wildman–Crippen MR) is 105 cm³/mol. The van der Waals surface area contributed by atoms with Crippen LogP contribution >= 0.6 is 0 Å². The number of sulfonamides is 1. The molecule has 0 atom stereocenters. The van der Waals surface area contributed by atoms with Crippen molar-refractivity contribution in [3.8, 4) is 5.75 Å². The zero-order chi connectivity index (χ0) is 20.1. The lowest BCUT2D eigenvalue weighted by molar-refractivity contribution is 0.102. The molecule has 1 fully saturated rings. The molecule has 150 valence electrons. The Bertz CT molecular complexity index is 937. The molecule has 6 nitrogen and oxygen atoms in total. The van der Waals surface area contributed by atoms with Gasteiger partial charge in [0.25, 0.3) is 5.91 Å². The van der Waals surface area contributed by atoms with Gasteiger partial charge in [-0.05, 0) is 55.3 Å². The van der Waals surface area contributed by atoms with Crippen LogP contribution in [-0.4, -0.2) is 38.8 Å². The molecule has 1 saturated heterocycles. The fourth-order valence-corrected chi connectivity index (χ4v) is 4.67. The standard InChI is InChI=1S/C20H23FN2O4S/c1-27-19-11-6-15(14-18(19)21)20(24)22-16-7-9-17(10-8-16)28(25,26)23-12-4-2-3-5-13-23/h6-11,14H,2-5,12-13H2,1H3,(H,22,24). The molecule has 0 radical (unpaired) electrons. The Labute approximate surface area is 164 Å². The molecule has 0 bridgehead atoms. The summed E-state index contributed by atoms with van der Waals surface area (Å²) in [4.78, 5) is 12.5. The van der Waals surface area contributed by atoms with Gasteiger partial charge >= 0.3 is 0 Å². The SMILES string of the molecule is COc1ccc(C(=O)Nc2ccc(S(=O)(=O)N3CCCCCC3)cc2)cc1F. The van der Waals surface area contributed by atoms with Gasteiger partial charge in [0.2, 0.25) is 10.0 Å². The molecule has 0 aromatic heterocycles. The van der Waals surface area contributed by atoms with Crippen molar-refractivity contribution in [2.45, 2.75) is 30.6 Å². The number of hydrogen-bond donors (Lipinski definition) is 1. The highest BCUT2D eigenvalue weighted by Gasteiger charge is 2.25. The number of anilines is 1. The molecule has 1 amide bonds. The predicted octanol–water partition coefficient (Wildman–Crippen LogP) is 3.65. The second kappa shape index (κ2) is 8.70. The van der Waals surface area contributed by atoms with Crippen LogP contribution in [0.25, 0.3) is 0 Å². The number of amides is 1. The van der Waals surface area contributed by atoms with E-state index in [0.29, 0.717) is 18.8 Å². The summed E-state index contributed by atoms with van der Waals surface area (Å²) in [5, 5.41) is 2.64. The molecule has 0 saturated carbocycles. The number of carbonyl (C=O) groups is 1. The summed E-state index contributed by atoms with van der Waals surface area (Å²) in [6, 6.07) is 9.93. The number of halogens is 1. The van der Waals surface area contributed by atoms with Crippen molar-refractivity contribution >= 4 is 21.6 Å². The molecule has 0 aliphatic carbocycles. The van der Waals surface area contributed by atoms with Crippen LogP contribution in [0.2, 0.25) is 0 Å². The van der Waals surface area contributed by atoms with Crippen molar-refractivity contribution in [3.63, 3.8) is 0 Å². The molecule has 2 aromatic carbocycles. The number of nitrogens with one attached hydrogen (secondary N) is 1. The maximum Gasteiger partial charge on any atom is 0.255 e. The van der Waals surface area contributed by atoms with E-state index in [0.717, 1.165) is 31.7 Å². The first-order valence-corrected chi connectivity index (χ1v) is 10.6. The number of rotatable bonds is 5. The van der Waals surface area contributed by atoms with Crippen molar-refractivity contribution in [1.29, 1.82) is 0 Å². The minimum atomic E-state index is -3.54. The smallest absolute Gasteiger partial charge is 0.255 e. The maximum absolute atomic E-state index is 13.8. The fraction of sp³-hybridized carbons (Fsp3) is 0.350. The molecule has 8 heteroatoms. The van der Waals surface area contributed by atoms with Crippen LogP contribution in [0.15, 0.2) is 47.4 Å². The van der Waals surface area contributed by atoms with E-state index in [1.165, 1.54) is 47.8 Å². The van der Waals surface area contributed by atoms with Crippen LogP contribution in [0.1, 0.15) is 36.0 Å². The molecule has 2 aromatic rings. The minimum absolute atomic E-state index is 0.0552. The normalized spacial score (nSPS) is 15.6. The number of nitrogens with zero attached hydrogens (tertiary/aromatic N) is 1. The minimum Gasteiger partial charge on any atom is -0.494 e. The first kappa shape index (κ1) is 20.3. The van der Waals surface area contributed by atoms with E-state index in [9.17, 15) is 17.6 Å². The van der Waals surface area contributed by atoms with E-state index < -0.39 is 21.7 Å². The zero-order valence-electron chi connectivity index (χ0n) is 15.7. The van der Waals surface area contributed by atoms with Crippen LogP contribution in [0, 0.1) is 5.82 Å². The Hall–Kier alpha value is -2.45. The maximum atomic E-state index is 13.8. The topological polar surface area (TPSA) is 75.7 Å². The van der Waals surface area contributed by atoms with Gasteiger partial charge in [-0.2, -0.15) is 4.31 Å². The van der Waals surface area contributed by atoms with Gasteiger partial charge < -0.3 is 10.1 Å². The van der Waals surface area contributed by atoms with Crippen LogP contribution in [0.3, 0.4) is 0 Å². The summed E-state index contributed by atoms with van der Waals surface area (Å²) in [5.41, 5.74) is 0.565. The van der Waals surface area contributed by atoms with Crippen molar-refractivity contribution in [2.75, 3.05) is 25.5 Å². The number of hydrogen-bond acceptors (Lipinski definition) is 4. The third-order valence-corrected chi connectivity index (χ3v) is 6.64. The Morgan fingerprint density at radius 2 is 1.68 bits per heavy atom. The van der Waals surface area contributed by atoms with E-state index in [1.807, 2.05) is 0 Å². The van der Waals surface area contributed by atoms with E-state index in [4.69, 9.17) is 4.74 Å². The highest BCUT2D eigenvalue weighted by atomic mass is 32.2. The van der Waals surface area contributed by atoms with Crippen LogP contribution in [0.4, 0.5) is 10.1 Å². The Kier molecular flexibility index (Phi) is 6.31. The molecule has 1 aliphatic heterocycles. The summed E-state index contributed by atoms with van der Waals surface area (Å²) < 4.78 is 45.7. The van der Waals surface area contributed by atoms with E-state index >= 15 is 0 Å². The van der Waals surface area contributed by atoms with Crippen LogP contribution < -0.4 is 10.1 Å². The number of methoxy groups -OCH3 is 1. The molecule has 1 N–H and O–H groups in total. The monoisotopic (exact) mass is 406 g/mol. The van der Waals surface area contributed by atoms with Crippen molar-refractivity contribution < 1.29 is 22.3 Å². The van der Waals surface area contributed by atoms with Crippen molar-refractivity contribution in [1.82, 2.24) is 4.31 Å². The first-order chi connectivity index (χ1) is 13.4. The largest absolute Gasteiger partial charge is 0.494 e. The summed E-state index contributed by atoms with van der Waals surface area (Å²) in [6.07, 6.45) is 3.82. The van der Waals surface area contributed by atoms with E-state index in [-0.39, 0.29) is 16.2 Å². The van der Waals surface area contributed by atoms with Gasteiger partial charge in [0.15, 0.2) is 11.6 Å². The fourth-order valence-electron chi connectivity index (χ4n) is 3.15. The van der Waals surface area contributed by atoms with Crippen LogP contribution in [-0.2, 0) is 10.0 Å². The van der Waals surface area contributed by atoms with Crippen molar-refractivity contribution in [2.24, 2.45) is 0 Å². The van der Waals surface area contributed by atoms with E-state index in [2.05, 4.69) is 5.32 Å². The molecule has 3 rings (SSSR count). The van der Waals surface area contributed by atoms with Gasteiger partial charge in [0, 0.05) is 24.3 Å². The number of carbonyl (C=O) groups excluding carboxylic acids is 1. The second-order valence-electron chi connectivity index (χ2n) is 6.65. The highest BCUT2D eigenvalue weighted by molar-refractivity contribution is 7.89. The molecule has 28 heavy (non-hydrogen) atoms. The molecule has 1 heterocycles. The second-order valence-corrected chi connectivity index (χ2v) is 8.58. The average molecular weight is 406 g/mol. The Balaban J connectivity index is 1.71. The third kappa shape index (κ3) is 4.51. The molecular formula is C20H23FN2O4S. The zero-order valence-corrected chi connectivity index (χ0v) is 16.5. The Morgan fingerprint density at radius 3 is 2.25 bits per heavy atom. The molecular weight excluding hydrogens is 383 g/mol. The summed E-state index contributed by atoms with van der Waals surface area (Å²) in [5.74, 6) is -1.07. The molecule has 0 unspecified atom stereocenters. The molecule has 1 aliphatic rings. The van der Waals surface area contributed by atoms with Crippen molar-refractivity contribution in [3.05, 3.63) is 53.8 Å². The third-order valence-electron chi connectivity index (χ3n) is 4.73. The quantitative estimate of drug-likeness (QED) is 0.822. The van der Waals surface area contributed by atoms with E-state index in [1.54, 1.807) is 0 Å². The summed E-state index contributed by atoms with van der Waals surface area (Å²) in [6.45, 7) is 1.06. The van der Waals surface area contributed by atoms with Gasteiger partial charge in [-0.1, -0.05) is 12.8 Å². The lowest BCUT2D eigenvalue weighted by Gasteiger charge is -2.20. The summed E-state index contributed by atoms with van der Waals surface area (Å²) >= 11 is 0. The van der Waals surface area contributed by atoms with Crippen LogP contribution in [0.5, 0.6) is 5.75 Å². The lowest BCUT2D eigenvalue weighted by atomic mass is 10.2. The number of benzene rings is 2. The first-order valence-electron chi connectivity index (χ1n) is 9.17. The van der Waals surface area contributed by atoms with Gasteiger partial charge in [-0.15, -0.1) is 0 Å². The van der Waals surface area contributed by atoms with Gasteiger partial charge in [-0.3, -0.25) is 4.79 Å². The number of ether oxygens (including phenoxy) is 1. The highest BCUT2D eigenvalue weighted by Crippen LogP contribution is 2.23. The summed E-state index contributed by atoms with van der Waals surface area (Å²) in [7, 11) is -2.19. The Morgan fingerprint density at radius 1 is 1.04 bits per heavy atom. The van der Waals surface area contributed by atoms with Gasteiger partial charge in [-0.25, -0.2) is 12.8 Å². The molecule has 0 spiro atoms. The van der Waals surface area contributed by atoms with Gasteiger partial charge in [0.05, 0.1) is 12.0 Å². The lowest BCUT2D eigenvalue weighted by Crippen LogP contribution is -2.31. The van der Waals surface area contributed by atoms with Gasteiger partial charge in [0.1, 0.15) is 0 Å². The average Bonchev–Trinajstić information content (AvgIpc) is 2.98.